The van der Waals surface area contributed by atoms with Gasteiger partial charge in [-0.1, -0.05) is 35.5 Å². The highest BCUT2D eigenvalue weighted by Gasteiger charge is 2.32. The van der Waals surface area contributed by atoms with Crippen molar-refractivity contribution in [2.75, 3.05) is 13.1 Å². The Hall–Kier alpha value is -3.45. The Bertz CT molecular complexity index is 1100. The first-order valence-electron chi connectivity index (χ1n) is 9.24. The zero-order chi connectivity index (χ0) is 19.6. The van der Waals surface area contributed by atoms with E-state index >= 15 is 0 Å². The summed E-state index contributed by atoms with van der Waals surface area (Å²) in [5, 5.41) is 7.83. The van der Waals surface area contributed by atoms with Gasteiger partial charge in [0.2, 0.25) is 5.82 Å². The Kier molecular flexibility index (Phi) is 4.57. The molecule has 4 aromatic rings. The molecular formula is C22H17N3O3S. The molecule has 1 aliphatic heterocycles. The molecule has 29 heavy (non-hydrogen) atoms. The van der Waals surface area contributed by atoms with Crippen molar-refractivity contribution in [2.45, 2.75) is 6.10 Å². The second-order valence-corrected chi connectivity index (χ2v) is 7.56. The predicted octanol–water partition coefficient (Wildman–Crippen LogP) is 4.37. The topological polar surface area (TPSA) is 68.5 Å². The molecule has 5 rings (SSSR count). The van der Waals surface area contributed by atoms with Gasteiger partial charge in [-0.3, -0.25) is 4.79 Å². The lowest BCUT2D eigenvalue weighted by atomic mass is 10.1. The van der Waals surface area contributed by atoms with Crippen LogP contribution in [0.1, 0.15) is 10.4 Å². The zero-order valence-electron chi connectivity index (χ0n) is 15.4. The number of nitrogens with zero attached hydrogens (tertiary/aromatic N) is 3. The van der Waals surface area contributed by atoms with Gasteiger partial charge in [-0.2, -0.15) is 16.3 Å². The van der Waals surface area contributed by atoms with Crippen LogP contribution in [0.15, 0.2) is 75.9 Å². The highest BCUT2D eigenvalue weighted by molar-refractivity contribution is 7.08. The van der Waals surface area contributed by atoms with E-state index < -0.39 is 0 Å². The van der Waals surface area contributed by atoms with Gasteiger partial charge in [0, 0.05) is 16.5 Å². The van der Waals surface area contributed by atoms with Gasteiger partial charge in [0.1, 0.15) is 11.9 Å². The first kappa shape index (κ1) is 17.6. The molecule has 1 saturated heterocycles. The number of likely N-dealkylation sites (tertiary alicyclic amines) is 1. The summed E-state index contributed by atoms with van der Waals surface area (Å²) in [6.07, 6.45) is 0.0107. The molecule has 0 bridgehead atoms. The summed E-state index contributed by atoms with van der Waals surface area (Å²) >= 11 is 1.53. The molecule has 0 radical (unpaired) electrons. The maximum Gasteiger partial charge on any atom is 0.258 e. The molecule has 1 fully saturated rings. The Balaban J connectivity index is 1.20. The summed E-state index contributed by atoms with van der Waals surface area (Å²) in [6.45, 7) is 1.20. The first-order valence-corrected chi connectivity index (χ1v) is 10.2. The minimum atomic E-state index is 0.0107. The fourth-order valence-electron chi connectivity index (χ4n) is 3.16. The van der Waals surface area contributed by atoms with Crippen molar-refractivity contribution in [3.63, 3.8) is 0 Å². The van der Waals surface area contributed by atoms with Crippen LogP contribution in [0.5, 0.6) is 5.75 Å². The number of hydrogen-bond donors (Lipinski definition) is 0. The van der Waals surface area contributed by atoms with E-state index in [9.17, 15) is 4.79 Å². The van der Waals surface area contributed by atoms with Crippen LogP contribution in [0.4, 0.5) is 0 Å². The van der Waals surface area contributed by atoms with Gasteiger partial charge in [-0.15, -0.1) is 0 Å². The van der Waals surface area contributed by atoms with Crippen molar-refractivity contribution in [3.05, 3.63) is 77.0 Å². The molecule has 0 spiro atoms. The molecule has 1 amide bonds. The third kappa shape index (κ3) is 3.64. The monoisotopic (exact) mass is 403 g/mol. The van der Waals surface area contributed by atoms with Gasteiger partial charge < -0.3 is 14.2 Å². The van der Waals surface area contributed by atoms with Crippen LogP contribution in [0.3, 0.4) is 0 Å². The first-order chi connectivity index (χ1) is 14.3. The van der Waals surface area contributed by atoms with Gasteiger partial charge >= 0.3 is 0 Å². The van der Waals surface area contributed by atoms with Gasteiger partial charge in [-0.05, 0) is 35.7 Å². The molecule has 0 unspecified atom stereocenters. The lowest BCUT2D eigenvalue weighted by Gasteiger charge is -2.38. The molecule has 0 aliphatic carbocycles. The van der Waals surface area contributed by atoms with E-state index in [2.05, 4.69) is 10.1 Å². The van der Waals surface area contributed by atoms with Crippen LogP contribution in [0.2, 0.25) is 0 Å². The minimum Gasteiger partial charge on any atom is -0.487 e. The maximum absolute atomic E-state index is 12.2. The summed E-state index contributed by atoms with van der Waals surface area (Å²) in [7, 11) is 0. The summed E-state index contributed by atoms with van der Waals surface area (Å²) < 4.78 is 11.3. The lowest BCUT2D eigenvalue weighted by molar-refractivity contribution is 0.0178. The number of rotatable bonds is 5. The predicted molar refractivity (Wildman–Crippen MR) is 110 cm³/mol. The number of carbonyl (C=O) groups excluding carboxylic acids is 1. The fourth-order valence-corrected chi connectivity index (χ4v) is 3.79. The molecule has 0 atom stereocenters. The number of aromatic nitrogens is 2. The van der Waals surface area contributed by atoms with Crippen LogP contribution in [0, 0.1) is 0 Å². The van der Waals surface area contributed by atoms with Crippen LogP contribution in [0.25, 0.3) is 22.8 Å². The normalized spacial score (nSPS) is 13.9. The summed E-state index contributed by atoms with van der Waals surface area (Å²) in [4.78, 5) is 18.5. The smallest absolute Gasteiger partial charge is 0.258 e. The molecule has 2 aromatic heterocycles. The number of carbonyl (C=O) groups is 1. The number of ether oxygens (including phenoxy) is 1. The molecule has 0 saturated carbocycles. The SMILES string of the molecule is O=C(c1ccsc1)N1CC(Oc2ccc(-c3nc(-c4ccccc4)no3)cc2)C1. The molecule has 144 valence electrons. The summed E-state index contributed by atoms with van der Waals surface area (Å²) in [6, 6.07) is 19.1. The molecule has 7 heteroatoms. The average molecular weight is 403 g/mol. The maximum atomic E-state index is 12.2. The Morgan fingerprint density at radius 2 is 1.83 bits per heavy atom. The standard InChI is InChI=1S/C22H17N3O3S/c26-22(17-10-11-29-14-17)25-12-19(13-25)27-18-8-6-16(7-9-18)21-23-20(24-28-21)15-4-2-1-3-5-15/h1-11,14,19H,12-13H2. The fraction of sp³-hybridized carbons (Fsp3) is 0.136. The van der Waals surface area contributed by atoms with Gasteiger partial charge in [0.25, 0.3) is 11.8 Å². The van der Waals surface area contributed by atoms with Crippen molar-refractivity contribution < 1.29 is 14.1 Å². The third-order valence-corrected chi connectivity index (χ3v) is 5.45. The second-order valence-electron chi connectivity index (χ2n) is 6.78. The van der Waals surface area contributed by atoms with E-state index in [-0.39, 0.29) is 12.0 Å². The third-order valence-electron chi connectivity index (χ3n) is 4.77. The average Bonchev–Trinajstić information content (AvgIpc) is 3.43. The van der Waals surface area contributed by atoms with Gasteiger partial charge in [-0.25, -0.2) is 0 Å². The van der Waals surface area contributed by atoms with Crippen molar-refractivity contribution in [2.24, 2.45) is 0 Å². The highest BCUT2D eigenvalue weighted by Crippen LogP contribution is 2.26. The quantitative estimate of drug-likeness (QED) is 0.495. The van der Waals surface area contributed by atoms with Crippen LogP contribution < -0.4 is 4.74 Å². The van der Waals surface area contributed by atoms with E-state index in [4.69, 9.17) is 9.26 Å². The van der Waals surface area contributed by atoms with E-state index in [1.807, 2.05) is 71.4 Å². The highest BCUT2D eigenvalue weighted by atomic mass is 32.1. The number of amides is 1. The van der Waals surface area contributed by atoms with Gasteiger partial charge in [0.15, 0.2) is 0 Å². The largest absolute Gasteiger partial charge is 0.487 e. The Morgan fingerprint density at radius 3 is 2.55 bits per heavy atom. The van der Waals surface area contributed by atoms with E-state index in [1.54, 1.807) is 4.90 Å². The van der Waals surface area contributed by atoms with E-state index in [0.717, 1.165) is 22.4 Å². The minimum absolute atomic E-state index is 0.0107. The Labute approximate surface area is 171 Å². The zero-order valence-corrected chi connectivity index (χ0v) is 16.2. The van der Waals surface area contributed by atoms with Crippen molar-refractivity contribution in [3.8, 4) is 28.6 Å². The number of hydrogen-bond acceptors (Lipinski definition) is 6. The van der Waals surface area contributed by atoms with Crippen LogP contribution in [-0.2, 0) is 0 Å². The van der Waals surface area contributed by atoms with Crippen molar-refractivity contribution in [1.29, 1.82) is 0 Å². The van der Waals surface area contributed by atoms with Gasteiger partial charge in [0.05, 0.1) is 18.7 Å². The molecular weight excluding hydrogens is 386 g/mol. The number of benzene rings is 2. The molecule has 0 N–H and O–H groups in total. The van der Waals surface area contributed by atoms with Crippen LogP contribution in [-0.4, -0.2) is 40.1 Å². The van der Waals surface area contributed by atoms with Crippen molar-refractivity contribution >= 4 is 17.2 Å². The molecule has 3 heterocycles. The Morgan fingerprint density at radius 1 is 1.03 bits per heavy atom. The van der Waals surface area contributed by atoms with Crippen LogP contribution >= 0.6 is 11.3 Å². The molecule has 2 aromatic carbocycles. The summed E-state index contributed by atoms with van der Waals surface area (Å²) in [5.41, 5.74) is 2.48. The number of thiophene rings is 1. The molecule has 1 aliphatic rings. The lowest BCUT2D eigenvalue weighted by Crippen LogP contribution is -2.56. The summed E-state index contributed by atoms with van der Waals surface area (Å²) in [5.74, 6) is 1.84. The van der Waals surface area contributed by atoms with E-state index in [1.165, 1.54) is 11.3 Å². The second kappa shape index (κ2) is 7.52. The van der Waals surface area contributed by atoms with Crippen molar-refractivity contribution in [1.82, 2.24) is 15.0 Å². The van der Waals surface area contributed by atoms with E-state index in [0.29, 0.717) is 24.8 Å². The molecule has 6 nitrogen and oxygen atoms in total.